The third-order valence-corrected chi connectivity index (χ3v) is 7.33. The van der Waals surface area contributed by atoms with Crippen molar-refractivity contribution in [2.45, 2.75) is 0 Å². The fourth-order valence-corrected chi connectivity index (χ4v) is 5.79. The standard InChI is InChI=1S/C36H22O/c1-2-11-24(12-3-1)34-27-14-6-8-16-29(27)35(30-17-9-7-15-28(30)34)25-18-20-31-33(22-25)37-32-21-19-23-10-4-5-13-26(23)36(31)32/h1-22H/i1D,2D,3D,11D,12D. The van der Waals surface area contributed by atoms with Crippen molar-refractivity contribution >= 4 is 54.3 Å². The van der Waals surface area contributed by atoms with Crippen molar-refractivity contribution in [3.8, 4) is 22.3 Å². The van der Waals surface area contributed by atoms with Crippen LogP contribution in [0.2, 0.25) is 0 Å². The van der Waals surface area contributed by atoms with Crippen LogP contribution in [0, 0.1) is 0 Å². The van der Waals surface area contributed by atoms with E-state index in [9.17, 15) is 0 Å². The molecule has 1 nitrogen and oxygen atoms in total. The van der Waals surface area contributed by atoms with Crippen LogP contribution in [0.25, 0.3) is 76.5 Å². The second-order valence-corrected chi connectivity index (χ2v) is 9.31. The molecule has 0 N–H and O–H groups in total. The van der Waals surface area contributed by atoms with E-state index in [1.807, 2.05) is 66.7 Å². The Hall–Kier alpha value is -4.88. The van der Waals surface area contributed by atoms with Crippen LogP contribution < -0.4 is 0 Å². The van der Waals surface area contributed by atoms with Crippen molar-refractivity contribution in [1.29, 1.82) is 0 Å². The third-order valence-electron chi connectivity index (χ3n) is 7.33. The predicted octanol–water partition coefficient (Wildman–Crippen LogP) is 10.4. The molecule has 1 heteroatoms. The first-order valence-electron chi connectivity index (χ1n) is 14.8. The van der Waals surface area contributed by atoms with Crippen molar-refractivity contribution in [3.05, 3.63) is 133 Å². The van der Waals surface area contributed by atoms with Crippen LogP contribution in [0.5, 0.6) is 0 Å². The molecule has 0 radical (unpaired) electrons. The number of furan rings is 1. The van der Waals surface area contributed by atoms with Gasteiger partial charge >= 0.3 is 0 Å². The number of rotatable bonds is 2. The van der Waals surface area contributed by atoms with E-state index >= 15 is 0 Å². The van der Waals surface area contributed by atoms with E-state index in [4.69, 9.17) is 11.3 Å². The largest absolute Gasteiger partial charge is 0.456 e. The van der Waals surface area contributed by atoms with Crippen molar-refractivity contribution in [2.24, 2.45) is 0 Å². The highest BCUT2D eigenvalue weighted by Gasteiger charge is 2.18. The Morgan fingerprint density at radius 2 is 1.05 bits per heavy atom. The Balaban J connectivity index is 1.48. The summed E-state index contributed by atoms with van der Waals surface area (Å²) in [5.74, 6) is 0. The third kappa shape index (κ3) is 2.98. The smallest absolute Gasteiger partial charge is 0.136 e. The molecular weight excluding hydrogens is 448 g/mol. The zero-order valence-corrected chi connectivity index (χ0v) is 19.7. The second-order valence-electron chi connectivity index (χ2n) is 9.31. The Morgan fingerprint density at radius 3 is 1.73 bits per heavy atom. The van der Waals surface area contributed by atoms with Crippen molar-refractivity contribution in [1.82, 2.24) is 0 Å². The van der Waals surface area contributed by atoms with Gasteiger partial charge in [0.1, 0.15) is 11.2 Å². The summed E-state index contributed by atoms with van der Waals surface area (Å²) in [5.41, 5.74) is 4.46. The normalized spacial score (nSPS) is 13.7. The molecule has 0 aliphatic rings. The molecule has 7 aromatic carbocycles. The second kappa shape index (κ2) is 7.81. The molecule has 0 fully saturated rings. The molecule has 0 saturated heterocycles. The molecule has 8 aromatic rings. The first-order chi connectivity index (χ1) is 20.4. The van der Waals surface area contributed by atoms with Gasteiger partial charge in [0.15, 0.2) is 0 Å². The molecular formula is C36H22O. The summed E-state index contributed by atoms with van der Waals surface area (Å²) in [6.07, 6.45) is 0. The van der Waals surface area contributed by atoms with E-state index in [0.717, 1.165) is 65.4 Å². The van der Waals surface area contributed by atoms with Gasteiger partial charge in [-0.15, -0.1) is 0 Å². The van der Waals surface area contributed by atoms with Crippen LogP contribution >= 0.6 is 0 Å². The summed E-state index contributed by atoms with van der Waals surface area (Å²) < 4.78 is 48.7. The summed E-state index contributed by atoms with van der Waals surface area (Å²) >= 11 is 0. The molecule has 0 aliphatic carbocycles. The minimum atomic E-state index is -0.397. The summed E-state index contributed by atoms with van der Waals surface area (Å²) in [5, 5.41) is 7.96. The lowest BCUT2D eigenvalue weighted by atomic mass is 9.86. The van der Waals surface area contributed by atoms with Gasteiger partial charge in [-0.2, -0.15) is 0 Å². The molecule has 0 saturated carbocycles. The average Bonchev–Trinajstić information content (AvgIpc) is 3.41. The molecule has 0 spiro atoms. The summed E-state index contributed by atoms with van der Waals surface area (Å²) in [6, 6.07) is 33.0. The van der Waals surface area contributed by atoms with Gasteiger partial charge in [0.25, 0.3) is 0 Å². The molecule has 0 unspecified atom stereocenters. The van der Waals surface area contributed by atoms with Crippen LogP contribution in [0.15, 0.2) is 138 Å². The maximum Gasteiger partial charge on any atom is 0.136 e. The minimum Gasteiger partial charge on any atom is -0.456 e. The first kappa shape index (κ1) is 16.0. The van der Waals surface area contributed by atoms with Crippen LogP contribution in [0.4, 0.5) is 0 Å². The lowest BCUT2D eigenvalue weighted by Crippen LogP contribution is -1.90. The van der Waals surface area contributed by atoms with Gasteiger partial charge in [-0.3, -0.25) is 0 Å². The molecule has 0 bridgehead atoms. The van der Waals surface area contributed by atoms with Gasteiger partial charge in [0.2, 0.25) is 0 Å². The Morgan fingerprint density at radius 1 is 0.459 bits per heavy atom. The Labute approximate surface area is 221 Å². The van der Waals surface area contributed by atoms with Crippen LogP contribution in [0.1, 0.15) is 6.85 Å². The topological polar surface area (TPSA) is 13.1 Å². The molecule has 8 rings (SSSR count). The molecule has 0 aliphatic heterocycles. The lowest BCUT2D eigenvalue weighted by molar-refractivity contribution is 0.669. The van der Waals surface area contributed by atoms with Gasteiger partial charge in [0.05, 0.1) is 6.85 Å². The molecule has 0 amide bonds. The quantitative estimate of drug-likeness (QED) is 0.227. The maximum absolute atomic E-state index is 8.76. The summed E-state index contributed by atoms with van der Waals surface area (Å²) in [7, 11) is 0. The summed E-state index contributed by atoms with van der Waals surface area (Å²) in [6.45, 7) is 0. The number of hydrogen-bond acceptors (Lipinski definition) is 1. The molecule has 0 atom stereocenters. The van der Waals surface area contributed by atoms with Crippen molar-refractivity contribution in [2.75, 3.05) is 0 Å². The van der Waals surface area contributed by atoms with E-state index in [1.165, 1.54) is 0 Å². The fourth-order valence-electron chi connectivity index (χ4n) is 5.79. The zero-order chi connectivity index (χ0) is 28.7. The van der Waals surface area contributed by atoms with Crippen LogP contribution in [-0.2, 0) is 0 Å². The van der Waals surface area contributed by atoms with E-state index in [2.05, 4.69) is 36.4 Å². The highest BCUT2D eigenvalue weighted by atomic mass is 16.3. The van der Waals surface area contributed by atoms with Crippen LogP contribution in [0.3, 0.4) is 0 Å². The summed E-state index contributed by atoms with van der Waals surface area (Å²) in [4.78, 5) is 0. The highest BCUT2D eigenvalue weighted by Crippen LogP contribution is 2.45. The Bertz CT molecular complexity index is 2340. The van der Waals surface area contributed by atoms with Gasteiger partial charge < -0.3 is 4.42 Å². The fraction of sp³-hybridized carbons (Fsp3) is 0. The van der Waals surface area contributed by atoms with E-state index in [1.54, 1.807) is 0 Å². The minimum absolute atomic E-state index is 0.208. The van der Waals surface area contributed by atoms with E-state index < -0.39 is 6.04 Å². The number of hydrogen-bond donors (Lipinski definition) is 0. The van der Waals surface area contributed by atoms with Crippen molar-refractivity contribution in [3.63, 3.8) is 0 Å². The van der Waals surface area contributed by atoms with Gasteiger partial charge in [-0.05, 0) is 72.8 Å². The predicted molar refractivity (Wildman–Crippen MR) is 157 cm³/mol. The maximum atomic E-state index is 8.76. The van der Waals surface area contributed by atoms with E-state index in [0.29, 0.717) is 5.56 Å². The Kier molecular flexibility index (Phi) is 3.37. The average molecular weight is 476 g/mol. The zero-order valence-electron chi connectivity index (χ0n) is 24.7. The molecule has 172 valence electrons. The van der Waals surface area contributed by atoms with Crippen LogP contribution in [-0.4, -0.2) is 0 Å². The van der Waals surface area contributed by atoms with Gasteiger partial charge in [0, 0.05) is 10.8 Å². The SMILES string of the molecule is [2H]c1c([2H])c([2H])c(-c2c3ccccc3c(-c3ccc4c(c3)oc3ccc5ccccc5c34)c3ccccc23)c([2H])c1[2H]. The van der Waals surface area contributed by atoms with Crippen molar-refractivity contribution < 1.29 is 11.3 Å². The monoisotopic (exact) mass is 475 g/mol. The van der Waals surface area contributed by atoms with Gasteiger partial charge in [-0.1, -0.05) is 115 Å². The lowest BCUT2D eigenvalue weighted by Gasteiger charge is -2.17. The molecule has 1 aromatic heterocycles. The highest BCUT2D eigenvalue weighted by molar-refractivity contribution is 6.23. The molecule has 37 heavy (non-hydrogen) atoms. The first-order valence-corrected chi connectivity index (χ1v) is 12.3. The molecule has 1 heterocycles. The number of benzene rings is 7. The van der Waals surface area contributed by atoms with Gasteiger partial charge in [-0.25, -0.2) is 0 Å². The van der Waals surface area contributed by atoms with E-state index in [-0.39, 0.29) is 29.7 Å². The number of fused-ring (bicyclic) bond motifs is 7.